The molecule has 0 amide bonds. The van der Waals surface area contributed by atoms with Gasteiger partial charge < -0.3 is 9.84 Å². The fourth-order valence-corrected chi connectivity index (χ4v) is 3.38. The highest BCUT2D eigenvalue weighted by Gasteiger charge is 2.16. The van der Waals surface area contributed by atoms with Crippen LogP contribution in [0.1, 0.15) is 13.8 Å². The lowest BCUT2D eigenvalue weighted by molar-refractivity contribution is -0.138. The van der Waals surface area contributed by atoms with E-state index in [1.165, 1.54) is 0 Å². The molecule has 4 nitrogen and oxygen atoms in total. The maximum Gasteiger partial charge on any atom is 0.317 e. The number of carboxylic acid groups (broad SMARTS) is 1. The fraction of sp³-hybridized carbons (Fsp3) is 0.316. The zero-order valence-corrected chi connectivity index (χ0v) is 15.9. The van der Waals surface area contributed by atoms with Crippen LogP contribution in [0.5, 0.6) is 5.75 Å². The molecule has 0 aliphatic heterocycles. The number of para-hydroxylation sites is 1. The van der Waals surface area contributed by atoms with Crippen LogP contribution >= 0.6 is 23.4 Å². The minimum Gasteiger partial charge on any atom is -0.491 e. The van der Waals surface area contributed by atoms with Crippen molar-refractivity contribution >= 4 is 29.3 Å². The highest BCUT2D eigenvalue weighted by molar-refractivity contribution is 7.99. The average Bonchev–Trinajstić information content (AvgIpc) is 2.60. The molecule has 0 heterocycles. The van der Waals surface area contributed by atoms with E-state index in [2.05, 4.69) is 0 Å². The van der Waals surface area contributed by atoms with Gasteiger partial charge in [-0.1, -0.05) is 42.4 Å². The SMILES string of the molecule is CCN(CC(=O)O)C(C)COc1ccccc1Sc1ccc(Cl)cc1. The molecule has 134 valence electrons. The normalized spacial score (nSPS) is 12.2. The van der Waals surface area contributed by atoms with Crippen LogP contribution < -0.4 is 4.74 Å². The summed E-state index contributed by atoms with van der Waals surface area (Å²) in [5, 5.41) is 9.69. The summed E-state index contributed by atoms with van der Waals surface area (Å²) in [6, 6.07) is 15.5. The summed E-state index contributed by atoms with van der Waals surface area (Å²) in [6.45, 7) is 5.03. The van der Waals surface area contributed by atoms with Gasteiger partial charge in [0, 0.05) is 16.0 Å². The molecular weight excluding hydrogens is 358 g/mol. The van der Waals surface area contributed by atoms with Gasteiger partial charge >= 0.3 is 5.97 Å². The van der Waals surface area contributed by atoms with Crippen LogP contribution in [0.25, 0.3) is 0 Å². The Balaban J connectivity index is 2.02. The van der Waals surface area contributed by atoms with Gasteiger partial charge in [-0.25, -0.2) is 0 Å². The zero-order chi connectivity index (χ0) is 18.2. The van der Waals surface area contributed by atoms with E-state index in [9.17, 15) is 4.79 Å². The van der Waals surface area contributed by atoms with Crippen molar-refractivity contribution in [3.8, 4) is 5.75 Å². The molecule has 0 bridgehead atoms. The molecule has 0 radical (unpaired) electrons. The Hall–Kier alpha value is -1.69. The zero-order valence-electron chi connectivity index (χ0n) is 14.3. The van der Waals surface area contributed by atoms with E-state index in [0.717, 1.165) is 15.5 Å². The molecule has 1 unspecified atom stereocenters. The molecule has 1 N–H and O–H groups in total. The number of likely N-dealkylation sites (N-methyl/N-ethyl adjacent to an activating group) is 1. The topological polar surface area (TPSA) is 49.8 Å². The predicted octanol–water partition coefficient (Wildman–Crippen LogP) is 4.67. The van der Waals surface area contributed by atoms with Crippen molar-refractivity contribution in [2.75, 3.05) is 19.7 Å². The predicted molar refractivity (Wildman–Crippen MR) is 102 cm³/mol. The first kappa shape index (κ1) is 19.6. The Morgan fingerprint density at radius 1 is 1.24 bits per heavy atom. The minimum atomic E-state index is -0.826. The molecule has 1 atom stereocenters. The number of hydrogen-bond donors (Lipinski definition) is 1. The summed E-state index contributed by atoms with van der Waals surface area (Å²) >= 11 is 7.54. The second-order valence-electron chi connectivity index (χ2n) is 5.62. The molecule has 2 rings (SSSR count). The number of hydrogen-bond acceptors (Lipinski definition) is 4. The van der Waals surface area contributed by atoms with Crippen LogP contribution in [0, 0.1) is 0 Å². The second-order valence-corrected chi connectivity index (χ2v) is 7.17. The third kappa shape index (κ3) is 6.27. The van der Waals surface area contributed by atoms with Gasteiger partial charge in [0.05, 0.1) is 11.4 Å². The van der Waals surface area contributed by atoms with E-state index < -0.39 is 5.97 Å². The van der Waals surface area contributed by atoms with Gasteiger partial charge in [-0.05, 0) is 49.9 Å². The summed E-state index contributed by atoms with van der Waals surface area (Å²) in [4.78, 5) is 14.9. The van der Waals surface area contributed by atoms with E-state index in [0.29, 0.717) is 18.2 Å². The van der Waals surface area contributed by atoms with Crippen molar-refractivity contribution in [3.63, 3.8) is 0 Å². The summed E-state index contributed by atoms with van der Waals surface area (Å²) in [5.74, 6) is -0.0342. The van der Waals surface area contributed by atoms with E-state index in [1.807, 2.05) is 67.3 Å². The number of carbonyl (C=O) groups is 1. The maximum atomic E-state index is 10.9. The van der Waals surface area contributed by atoms with Crippen molar-refractivity contribution in [1.82, 2.24) is 4.90 Å². The molecule has 2 aromatic rings. The van der Waals surface area contributed by atoms with Gasteiger partial charge in [0.15, 0.2) is 0 Å². The summed E-state index contributed by atoms with van der Waals surface area (Å²) in [7, 11) is 0. The lowest BCUT2D eigenvalue weighted by Gasteiger charge is -2.26. The van der Waals surface area contributed by atoms with Gasteiger partial charge in [0.1, 0.15) is 12.4 Å². The number of ether oxygens (including phenoxy) is 1. The lowest BCUT2D eigenvalue weighted by atomic mass is 10.3. The molecule has 6 heteroatoms. The summed E-state index contributed by atoms with van der Waals surface area (Å²) in [6.07, 6.45) is 0. The average molecular weight is 380 g/mol. The highest BCUT2D eigenvalue weighted by Crippen LogP contribution is 2.35. The minimum absolute atomic E-state index is 0.00897. The van der Waals surface area contributed by atoms with Crippen molar-refractivity contribution < 1.29 is 14.6 Å². The molecule has 2 aromatic carbocycles. The largest absolute Gasteiger partial charge is 0.491 e. The van der Waals surface area contributed by atoms with Gasteiger partial charge in [-0.15, -0.1) is 0 Å². The number of nitrogens with zero attached hydrogens (tertiary/aromatic N) is 1. The molecule has 0 saturated carbocycles. The number of benzene rings is 2. The molecule has 0 spiro atoms. The number of aliphatic carboxylic acids is 1. The van der Waals surface area contributed by atoms with Crippen LogP contribution in [0.2, 0.25) is 5.02 Å². The van der Waals surface area contributed by atoms with Gasteiger partial charge in [0.25, 0.3) is 0 Å². The Morgan fingerprint density at radius 2 is 1.92 bits per heavy atom. The van der Waals surface area contributed by atoms with Crippen LogP contribution in [0.3, 0.4) is 0 Å². The van der Waals surface area contributed by atoms with Crippen molar-refractivity contribution in [2.45, 2.75) is 29.7 Å². The highest BCUT2D eigenvalue weighted by atomic mass is 35.5. The maximum absolute atomic E-state index is 10.9. The fourth-order valence-electron chi connectivity index (χ4n) is 2.35. The first-order chi connectivity index (χ1) is 12.0. The molecule has 0 fully saturated rings. The Morgan fingerprint density at radius 3 is 2.56 bits per heavy atom. The van der Waals surface area contributed by atoms with E-state index in [-0.39, 0.29) is 12.6 Å². The third-order valence-electron chi connectivity index (χ3n) is 3.74. The first-order valence-electron chi connectivity index (χ1n) is 8.10. The second kappa shape index (κ2) is 9.70. The molecule has 25 heavy (non-hydrogen) atoms. The number of rotatable bonds is 9. The van der Waals surface area contributed by atoms with E-state index in [1.54, 1.807) is 11.8 Å². The van der Waals surface area contributed by atoms with Gasteiger partial charge in [-0.3, -0.25) is 9.69 Å². The van der Waals surface area contributed by atoms with Crippen molar-refractivity contribution in [3.05, 3.63) is 53.6 Å². The van der Waals surface area contributed by atoms with E-state index >= 15 is 0 Å². The summed E-state index contributed by atoms with van der Waals surface area (Å²) < 4.78 is 5.98. The molecule has 0 aliphatic carbocycles. The standard InChI is InChI=1S/C19H22ClNO3S/c1-3-21(12-19(22)23)14(2)13-24-17-6-4-5-7-18(17)25-16-10-8-15(20)9-11-16/h4-11,14H,3,12-13H2,1-2H3,(H,22,23). The monoisotopic (exact) mass is 379 g/mol. The Kier molecular flexibility index (Phi) is 7.62. The van der Waals surface area contributed by atoms with E-state index in [4.69, 9.17) is 21.4 Å². The van der Waals surface area contributed by atoms with Crippen LogP contribution in [0.15, 0.2) is 58.3 Å². The summed E-state index contributed by atoms with van der Waals surface area (Å²) in [5.41, 5.74) is 0. The van der Waals surface area contributed by atoms with Crippen LogP contribution in [-0.2, 0) is 4.79 Å². The van der Waals surface area contributed by atoms with Crippen LogP contribution in [-0.4, -0.2) is 41.7 Å². The van der Waals surface area contributed by atoms with Gasteiger partial charge in [0.2, 0.25) is 0 Å². The lowest BCUT2D eigenvalue weighted by Crippen LogP contribution is -2.40. The van der Waals surface area contributed by atoms with Crippen molar-refractivity contribution in [2.24, 2.45) is 0 Å². The Bertz CT molecular complexity index is 693. The molecule has 0 aromatic heterocycles. The van der Waals surface area contributed by atoms with Crippen LogP contribution in [0.4, 0.5) is 0 Å². The Labute approximate surface area is 157 Å². The first-order valence-corrected chi connectivity index (χ1v) is 9.30. The van der Waals surface area contributed by atoms with Crippen molar-refractivity contribution in [1.29, 1.82) is 0 Å². The number of halogens is 1. The number of carboxylic acids is 1. The molecule has 0 saturated heterocycles. The van der Waals surface area contributed by atoms with Gasteiger partial charge in [-0.2, -0.15) is 0 Å². The molecular formula is C19H22ClNO3S. The quantitative estimate of drug-likeness (QED) is 0.686. The smallest absolute Gasteiger partial charge is 0.317 e. The molecule has 0 aliphatic rings. The third-order valence-corrected chi connectivity index (χ3v) is 5.06.